The van der Waals surface area contributed by atoms with Gasteiger partial charge in [0.25, 0.3) is 0 Å². The van der Waals surface area contributed by atoms with Crippen molar-refractivity contribution in [1.29, 1.82) is 0 Å². The number of allylic oxidation sites excluding steroid dienone is 3. The Morgan fingerprint density at radius 2 is 1.19 bits per heavy atom. The van der Waals surface area contributed by atoms with Crippen LogP contribution in [0.2, 0.25) is 0 Å². The summed E-state index contributed by atoms with van der Waals surface area (Å²) in [4.78, 5) is 56.6. The van der Waals surface area contributed by atoms with Crippen molar-refractivity contribution in [2.75, 3.05) is 28.2 Å². The molecule has 5 N–H and O–H groups in total. The molecule has 0 aromatic heterocycles. The van der Waals surface area contributed by atoms with E-state index in [-0.39, 0.29) is 79.3 Å². The maximum absolute atomic E-state index is 14.6. The Bertz CT molecular complexity index is 2730. The van der Waals surface area contributed by atoms with Crippen LogP contribution in [0.3, 0.4) is 0 Å². The number of phenolic OH excluding ortho intramolecular Hbond substituents is 2. The zero-order valence-corrected chi connectivity index (χ0v) is 49.7. The summed E-state index contributed by atoms with van der Waals surface area (Å²) in [6.45, 7) is 12.4. The van der Waals surface area contributed by atoms with E-state index in [0.717, 1.165) is 0 Å². The molecule has 0 spiro atoms. The first-order valence-electron chi connectivity index (χ1n) is 29.9. The van der Waals surface area contributed by atoms with Crippen LogP contribution in [0.15, 0.2) is 17.7 Å². The van der Waals surface area contributed by atoms with Gasteiger partial charge in [0, 0.05) is 74.6 Å². The van der Waals surface area contributed by atoms with Crippen molar-refractivity contribution in [3.8, 4) is 11.5 Å². The van der Waals surface area contributed by atoms with Crippen molar-refractivity contribution < 1.29 is 106 Å². The number of phenols is 2. The van der Waals surface area contributed by atoms with Crippen LogP contribution >= 0.6 is 0 Å². The number of nitrogens with zero attached hydrogens (tertiary/aromatic N) is 2. The highest BCUT2D eigenvalue weighted by Crippen LogP contribution is 2.59. The molecule has 0 radical (unpaired) electrons. The number of rotatable bonds is 13. The van der Waals surface area contributed by atoms with Crippen LogP contribution in [0.25, 0.3) is 5.76 Å². The summed E-state index contributed by atoms with van der Waals surface area (Å²) in [5, 5.41) is 61.9. The normalized spacial score (nSPS) is 44.4. The Labute approximate surface area is 488 Å². The van der Waals surface area contributed by atoms with Gasteiger partial charge in [0.2, 0.25) is 0 Å². The summed E-state index contributed by atoms with van der Waals surface area (Å²) in [6.07, 6.45) is -11.8. The highest BCUT2D eigenvalue weighted by atomic mass is 16.8. The van der Waals surface area contributed by atoms with Gasteiger partial charge in [-0.05, 0) is 88.7 Å². The van der Waals surface area contributed by atoms with Crippen molar-refractivity contribution in [2.45, 2.75) is 260 Å². The van der Waals surface area contributed by atoms with Gasteiger partial charge in [0.05, 0.1) is 70.9 Å². The molecule has 3 aliphatic carbocycles. The van der Waals surface area contributed by atoms with Gasteiger partial charge in [-0.25, -0.2) is 0 Å². The number of ether oxygens (including phenoxy) is 13. The van der Waals surface area contributed by atoms with E-state index >= 15 is 0 Å². The van der Waals surface area contributed by atoms with Crippen LogP contribution in [0.4, 0.5) is 0 Å². The molecule has 466 valence electrons. The largest absolute Gasteiger partial charge is 0.507 e. The Balaban J connectivity index is 0.846. The van der Waals surface area contributed by atoms with E-state index < -0.39 is 187 Å². The first-order chi connectivity index (χ1) is 39.8. The second-order valence-corrected chi connectivity index (χ2v) is 25.1. The molecule has 0 saturated carbocycles. The van der Waals surface area contributed by atoms with E-state index in [0.29, 0.717) is 19.3 Å². The highest BCUT2D eigenvalue weighted by molar-refractivity contribution is 6.21. The number of fused-ring (bicyclic) bond motifs is 5. The smallest absolute Gasteiger partial charge is 0.185 e. The van der Waals surface area contributed by atoms with Crippen LogP contribution in [-0.2, 0) is 76.0 Å². The van der Waals surface area contributed by atoms with Gasteiger partial charge < -0.3 is 96.9 Å². The Kier molecular flexibility index (Phi) is 17.8. The van der Waals surface area contributed by atoms with Crippen molar-refractivity contribution in [1.82, 2.24) is 9.80 Å². The van der Waals surface area contributed by atoms with E-state index in [2.05, 4.69) is 0 Å². The van der Waals surface area contributed by atoms with E-state index in [9.17, 15) is 44.7 Å². The minimum absolute atomic E-state index is 0.00735. The molecular formula is C60H84N2O22. The zero-order valence-electron chi connectivity index (χ0n) is 49.7. The minimum Gasteiger partial charge on any atom is -0.507 e. The molecule has 7 aliphatic heterocycles. The molecule has 7 heterocycles. The maximum Gasteiger partial charge on any atom is 0.185 e. The predicted octanol–water partition coefficient (Wildman–Crippen LogP) is 4.24. The van der Waals surface area contributed by atoms with Gasteiger partial charge in [-0.2, -0.15) is 0 Å². The summed E-state index contributed by atoms with van der Waals surface area (Å²) < 4.78 is 83.7. The average Bonchev–Trinajstić information content (AvgIpc) is 0.779. The molecule has 7 saturated heterocycles. The van der Waals surface area contributed by atoms with Gasteiger partial charge in [-0.15, -0.1) is 0 Å². The Morgan fingerprint density at radius 1 is 0.619 bits per heavy atom. The molecule has 84 heavy (non-hydrogen) atoms. The molecule has 24 heteroatoms. The topological polar surface area (TPSA) is 296 Å². The average molecular weight is 1190 g/mol. The summed E-state index contributed by atoms with van der Waals surface area (Å²) in [5.74, 6) is -4.53. The quantitative estimate of drug-likeness (QED) is 0.173. The number of benzene rings is 1. The molecule has 1 aromatic rings. The van der Waals surface area contributed by atoms with Gasteiger partial charge in [0.15, 0.2) is 60.9 Å². The first kappa shape index (κ1) is 61.7. The molecule has 0 bridgehead atoms. The molecule has 10 aliphatic rings. The molecular weight excluding hydrogens is 1100 g/mol. The number of hydrogen-bond acceptors (Lipinski definition) is 24. The maximum atomic E-state index is 14.6. The van der Waals surface area contributed by atoms with Crippen molar-refractivity contribution in [3.05, 3.63) is 40.0 Å². The van der Waals surface area contributed by atoms with Gasteiger partial charge >= 0.3 is 0 Å². The van der Waals surface area contributed by atoms with Gasteiger partial charge in [-0.3, -0.25) is 19.2 Å². The number of aliphatic hydroxyl groups is 3. The third kappa shape index (κ3) is 11.5. The van der Waals surface area contributed by atoms with Crippen LogP contribution < -0.4 is 0 Å². The van der Waals surface area contributed by atoms with Crippen LogP contribution in [0, 0.1) is 5.92 Å². The van der Waals surface area contributed by atoms with E-state index in [1.807, 2.05) is 51.8 Å². The minimum atomic E-state index is -1.88. The number of carbonyl (C=O) groups is 4. The zero-order chi connectivity index (χ0) is 60.1. The first-order valence-corrected chi connectivity index (χ1v) is 29.9. The lowest BCUT2D eigenvalue weighted by Gasteiger charge is -2.51. The van der Waals surface area contributed by atoms with Crippen LogP contribution in [0.1, 0.15) is 152 Å². The second kappa shape index (κ2) is 24.2. The van der Waals surface area contributed by atoms with E-state index in [1.54, 1.807) is 34.6 Å². The highest BCUT2D eigenvalue weighted by Gasteiger charge is 2.57. The lowest BCUT2D eigenvalue weighted by atomic mass is 9.69. The van der Waals surface area contributed by atoms with E-state index in [1.165, 1.54) is 12.2 Å². The molecule has 1 unspecified atom stereocenters. The SMILES string of the molecule is CC[C@@]1(O)C[C@@H](O[C@H]2C[C@@H](N(C)C)[C@@H](O[C@H]3C[C@H]4O[C@H]5CC(=O)[C@@H](C)O[C@H]5O[C@H]4[C@H](C)O3)[C@@H](C)O2)c2c(O)c3c(c(O)c2[C@H]1O[C@@H]1C[C@@H](N(C)C)[C@@H](O[C@@H]2C[C@H](O)[C@H](O[C@@H]4CCC(=O)[C@@H](C)O4)[C@H](C)O2)[C@@H](C)O1)C(=O)C1CC=CC(=O)C1=C3O. The van der Waals surface area contributed by atoms with Crippen LogP contribution in [-0.4, -0.2) is 221 Å². The third-order valence-electron chi connectivity index (χ3n) is 19.0. The third-order valence-corrected chi connectivity index (χ3v) is 19.0. The summed E-state index contributed by atoms with van der Waals surface area (Å²) in [5.41, 5.74) is -3.21. The van der Waals surface area contributed by atoms with Crippen molar-refractivity contribution in [2.24, 2.45) is 5.92 Å². The standard InChI is InChI=1S/C60H84N2O22/c1-12-60(71)23-39(79-41-18-31(61(8)9)55(26(4)73-41)82-44-22-37-57(29(7)76-44)84-59-38(78-37)20-35(65)25(3)77-59)46-49(53(70)47-48(52(46)69)51(68)45-30(50(47)67)14-13-15-34(45)64)58(60)83-42-19-32(62(10)11)54(27(5)74-42)81-43-21-36(66)56(28(6)75-43)80-40-17-16-33(63)24(2)72-40/h13,15,24-32,36-44,54-59,66,68-71H,12,14,16-23H2,1-11H3/t24-,25-,26-,27-,28+,29+,30?,31-,32-,36+,37-,38+,39-,40-,41+,42-,43-,44+,54+,55+,56-,57+,58-,59+,60-/m1/s1. The molecule has 11 rings (SSSR count). The number of ketones is 4. The molecule has 7 fully saturated rings. The number of Topliss-reactive ketones (excluding diaryl/α,β-unsaturated/α-hetero) is 3. The van der Waals surface area contributed by atoms with Gasteiger partial charge in [0.1, 0.15) is 66.1 Å². The van der Waals surface area contributed by atoms with Gasteiger partial charge in [-0.1, -0.05) is 13.0 Å². The Morgan fingerprint density at radius 3 is 1.81 bits per heavy atom. The fourth-order valence-corrected chi connectivity index (χ4v) is 14.4. The Hall–Kier alpha value is -3.90. The second-order valence-electron chi connectivity index (χ2n) is 25.1. The lowest BCUT2D eigenvalue weighted by molar-refractivity contribution is -0.371. The summed E-state index contributed by atoms with van der Waals surface area (Å²) >= 11 is 0. The summed E-state index contributed by atoms with van der Waals surface area (Å²) in [6, 6.07) is -0.793. The fourth-order valence-electron chi connectivity index (χ4n) is 14.4. The fraction of sp³-hybridized carbons (Fsp3) is 0.767. The van der Waals surface area contributed by atoms with E-state index in [4.69, 9.17) is 61.6 Å². The molecule has 25 atom stereocenters. The molecule has 0 amide bonds. The lowest BCUT2D eigenvalue weighted by Crippen LogP contribution is -2.62. The number of aromatic hydroxyl groups is 2. The van der Waals surface area contributed by atoms with Crippen LogP contribution in [0.5, 0.6) is 11.5 Å². The molecule has 1 aromatic carbocycles. The number of hydrogen-bond donors (Lipinski definition) is 5. The van der Waals surface area contributed by atoms with Crippen molar-refractivity contribution in [3.63, 3.8) is 0 Å². The number of carbonyl (C=O) groups excluding carboxylic acids is 4. The monoisotopic (exact) mass is 1180 g/mol. The predicted molar refractivity (Wildman–Crippen MR) is 291 cm³/mol. The van der Waals surface area contributed by atoms with Crippen molar-refractivity contribution >= 4 is 28.9 Å². The molecule has 24 nitrogen and oxygen atoms in total. The summed E-state index contributed by atoms with van der Waals surface area (Å²) in [7, 11) is 7.52. The number of likely N-dealkylation sites (N-methyl/N-ethyl adjacent to an activating group) is 2. The number of aliphatic hydroxyl groups excluding tert-OH is 2.